The number of hydrogen-bond donors (Lipinski definition) is 1. The lowest BCUT2D eigenvalue weighted by Gasteiger charge is -2.42. The highest BCUT2D eigenvalue weighted by Crippen LogP contribution is 2.43. The Morgan fingerprint density at radius 1 is 1.55 bits per heavy atom. The van der Waals surface area contributed by atoms with Crippen LogP contribution in [0.15, 0.2) is 5.38 Å². The van der Waals surface area contributed by atoms with Crippen LogP contribution in [-0.2, 0) is 4.74 Å². The zero-order valence-electron chi connectivity index (χ0n) is 13.4. The van der Waals surface area contributed by atoms with Gasteiger partial charge in [0.15, 0.2) is 5.01 Å². The van der Waals surface area contributed by atoms with Crippen LogP contribution in [0.1, 0.15) is 60.9 Å². The first-order valence-corrected chi connectivity index (χ1v) is 8.84. The Morgan fingerprint density at radius 2 is 2.32 bits per heavy atom. The van der Waals surface area contributed by atoms with Gasteiger partial charge in [-0.3, -0.25) is 4.79 Å². The topological polar surface area (TPSA) is 62.7 Å². The van der Waals surface area contributed by atoms with Crippen LogP contribution in [-0.4, -0.2) is 52.3 Å². The molecule has 1 aliphatic carbocycles. The summed E-state index contributed by atoms with van der Waals surface area (Å²) >= 11 is 1.41. The van der Waals surface area contributed by atoms with E-state index in [2.05, 4.69) is 18.8 Å². The van der Waals surface area contributed by atoms with Crippen LogP contribution >= 0.6 is 11.3 Å². The van der Waals surface area contributed by atoms with Crippen molar-refractivity contribution in [2.75, 3.05) is 13.7 Å². The first-order chi connectivity index (χ1) is 10.5. The molecule has 1 N–H and O–H groups in total. The number of aliphatic hydroxyl groups excluding tert-OH is 1. The van der Waals surface area contributed by atoms with Crippen molar-refractivity contribution in [1.29, 1.82) is 0 Å². The monoisotopic (exact) mass is 324 g/mol. The molecule has 1 aromatic heterocycles. The van der Waals surface area contributed by atoms with Gasteiger partial charge in [0.2, 0.25) is 0 Å². The van der Waals surface area contributed by atoms with Crippen LogP contribution in [0.3, 0.4) is 0 Å². The molecule has 0 spiro atoms. The second-order valence-electron chi connectivity index (χ2n) is 6.69. The molecule has 22 heavy (non-hydrogen) atoms. The van der Waals surface area contributed by atoms with Crippen LogP contribution in [0.5, 0.6) is 0 Å². The van der Waals surface area contributed by atoms with Crippen LogP contribution in [0.25, 0.3) is 0 Å². The van der Waals surface area contributed by atoms with Gasteiger partial charge >= 0.3 is 0 Å². The van der Waals surface area contributed by atoms with Crippen LogP contribution in [0.2, 0.25) is 0 Å². The molecule has 6 heteroatoms. The Hall–Kier alpha value is -0.980. The van der Waals surface area contributed by atoms with Crippen molar-refractivity contribution < 1.29 is 14.6 Å². The van der Waals surface area contributed by atoms with E-state index in [1.807, 2.05) is 10.3 Å². The van der Waals surface area contributed by atoms with Gasteiger partial charge in [-0.1, -0.05) is 13.8 Å². The van der Waals surface area contributed by atoms with E-state index >= 15 is 0 Å². The highest BCUT2D eigenvalue weighted by atomic mass is 32.1. The van der Waals surface area contributed by atoms with Crippen molar-refractivity contribution in [3.63, 3.8) is 0 Å². The van der Waals surface area contributed by atoms with E-state index in [1.165, 1.54) is 11.3 Å². The summed E-state index contributed by atoms with van der Waals surface area (Å²) < 4.78 is 5.79. The zero-order chi connectivity index (χ0) is 15.9. The molecule has 5 nitrogen and oxygen atoms in total. The van der Waals surface area contributed by atoms with E-state index in [0.717, 1.165) is 25.0 Å². The fourth-order valence-electron chi connectivity index (χ4n) is 3.69. The molecule has 122 valence electrons. The first-order valence-electron chi connectivity index (χ1n) is 7.96. The zero-order valence-corrected chi connectivity index (χ0v) is 14.2. The average molecular weight is 324 g/mol. The number of rotatable bonds is 3. The van der Waals surface area contributed by atoms with Gasteiger partial charge in [0.1, 0.15) is 0 Å². The number of methoxy groups -OCH3 is 1. The van der Waals surface area contributed by atoms with E-state index in [-0.39, 0.29) is 23.7 Å². The fraction of sp³-hybridized carbons (Fsp3) is 0.750. The summed E-state index contributed by atoms with van der Waals surface area (Å²) in [5.74, 6) is 0.306. The molecular weight excluding hydrogens is 300 g/mol. The molecule has 3 atom stereocenters. The van der Waals surface area contributed by atoms with E-state index in [0.29, 0.717) is 23.9 Å². The number of aliphatic hydroxyl groups is 1. The number of amides is 1. The van der Waals surface area contributed by atoms with Gasteiger partial charge in [0.25, 0.3) is 5.91 Å². The second-order valence-corrected chi connectivity index (χ2v) is 7.55. The Morgan fingerprint density at radius 3 is 2.95 bits per heavy atom. The predicted octanol–water partition coefficient (Wildman–Crippen LogP) is 2.41. The van der Waals surface area contributed by atoms with Gasteiger partial charge in [-0.05, 0) is 31.6 Å². The van der Waals surface area contributed by atoms with Crippen LogP contribution < -0.4 is 0 Å². The Balaban J connectivity index is 1.83. The number of thiazole rings is 1. The summed E-state index contributed by atoms with van der Waals surface area (Å²) in [6, 6.07) is -0.0415. The minimum atomic E-state index is -0.343. The Kier molecular flexibility index (Phi) is 4.27. The molecule has 0 radical (unpaired) electrons. The number of carbonyl (C=O) groups is 1. The number of hydrogen-bond acceptors (Lipinski definition) is 5. The quantitative estimate of drug-likeness (QED) is 0.927. The van der Waals surface area contributed by atoms with Crippen molar-refractivity contribution in [3.05, 3.63) is 16.1 Å². The van der Waals surface area contributed by atoms with E-state index < -0.39 is 0 Å². The molecule has 2 heterocycles. The molecule has 1 saturated carbocycles. The summed E-state index contributed by atoms with van der Waals surface area (Å²) in [4.78, 5) is 19.2. The Bertz CT molecular complexity index is 559. The van der Waals surface area contributed by atoms with Crippen LogP contribution in [0, 0.1) is 0 Å². The molecule has 3 rings (SSSR count). The molecule has 1 aromatic rings. The summed E-state index contributed by atoms with van der Waals surface area (Å²) in [6.07, 6.45) is 2.66. The molecule has 0 bridgehead atoms. The third kappa shape index (κ3) is 2.57. The average Bonchev–Trinajstić information content (AvgIpc) is 3.12. The van der Waals surface area contributed by atoms with E-state index in [1.54, 1.807) is 7.11 Å². The normalized spacial score (nSPS) is 31.6. The maximum absolute atomic E-state index is 12.8. The molecule has 1 aliphatic heterocycles. The largest absolute Gasteiger partial charge is 0.393 e. The number of aromatic nitrogens is 1. The van der Waals surface area contributed by atoms with Gasteiger partial charge in [-0.2, -0.15) is 0 Å². The predicted molar refractivity (Wildman–Crippen MR) is 85.2 cm³/mol. The summed E-state index contributed by atoms with van der Waals surface area (Å²) in [5, 5.41) is 12.5. The molecule has 0 aromatic carbocycles. The Labute approximate surface area is 135 Å². The van der Waals surface area contributed by atoms with Crippen molar-refractivity contribution in [1.82, 2.24) is 9.88 Å². The van der Waals surface area contributed by atoms with Gasteiger partial charge in [-0.25, -0.2) is 4.98 Å². The fourth-order valence-corrected chi connectivity index (χ4v) is 4.63. The van der Waals surface area contributed by atoms with Crippen molar-refractivity contribution >= 4 is 17.2 Å². The minimum Gasteiger partial charge on any atom is -0.393 e. The number of nitrogens with zero attached hydrogens (tertiary/aromatic N) is 2. The van der Waals surface area contributed by atoms with Gasteiger partial charge in [-0.15, -0.1) is 11.3 Å². The van der Waals surface area contributed by atoms with Crippen LogP contribution in [0.4, 0.5) is 0 Å². The van der Waals surface area contributed by atoms with Gasteiger partial charge in [0, 0.05) is 19.0 Å². The number of fused-ring (bicyclic) bond motifs is 1. The highest BCUT2D eigenvalue weighted by molar-refractivity contribution is 7.11. The van der Waals surface area contributed by atoms with E-state index in [9.17, 15) is 9.90 Å². The maximum Gasteiger partial charge on any atom is 0.283 e. The summed E-state index contributed by atoms with van der Waals surface area (Å²) in [7, 11) is 1.72. The molecule has 2 fully saturated rings. The maximum atomic E-state index is 12.8. The van der Waals surface area contributed by atoms with Gasteiger partial charge in [0.05, 0.1) is 23.4 Å². The van der Waals surface area contributed by atoms with Crippen molar-refractivity contribution in [2.45, 2.75) is 63.2 Å². The molecule has 2 aliphatic rings. The van der Waals surface area contributed by atoms with Crippen molar-refractivity contribution in [2.24, 2.45) is 0 Å². The second kappa shape index (κ2) is 5.91. The molecular formula is C16H24N2O3S. The molecule has 1 saturated heterocycles. The third-order valence-corrected chi connectivity index (χ3v) is 5.97. The number of carbonyl (C=O) groups excluding carboxylic acids is 1. The standard InChI is InChI=1S/C16H24N2O3S/c1-10(2)12-9-22-14(17-12)15(20)18-7-6-16(21-3)5-4-11(19)8-13(16)18/h9-11,13,19H,4-8H2,1-3H3/t11-,13+,16-/m1/s1. The van der Waals surface area contributed by atoms with E-state index in [4.69, 9.17) is 4.74 Å². The first kappa shape index (κ1) is 15.9. The summed E-state index contributed by atoms with van der Waals surface area (Å²) in [6.45, 7) is 4.83. The molecule has 1 amide bonds. The molecule has 0 unspecified atom stereocenters. The minimum absolute atomic E-state index is 0.0186. The smallest absolute Gasteiger partial charge is 0.283 e. The number of ether oxygens (including phenoxy) is 1. The lowest BCUT2D eigenvalue weighted by atomic mass is 9.79. The third-order valence-electron chi connectivity index (χ3n) is 5.12. The lowest BCUT2D eigenvalue weighted by Crippen LogP contribution is -2.52. The lowest BCUT2D eigenvalue weighted by molar-refractivity contribution is -0.0824. The SMILES string of the molecule is CO[C@@]12CC[C@@H](O)C[C@@H]1N(C(=O)c1nc(C(C)C)cs1)CC2. The van der Waals surface area contributed by atoms with Gasteiger partial charge < -0.3 is 14.7 Å². The highest BCUT2D eigenvalue weighted by Gasteiger charge is 2.52. The van der Waals surface area contributed by atoms with Crippen molar-refractivity contribution in [3.8, 4) is 0 Å². The summed E-state index contributed by atoms with van der Waals surface area (Å²) in [5.41, 5.74) is 0.682. The number of likely N-dealkylation sites (tertiary alicyclic amines) is 1.